The minimum absolute atomic E-state index is 0.664. The van der Waals surface area contributed by atoms with Crippen molar-refractivity contribution in [3.05, 3.63) is 0 Å². The van der Waals surface area contributed by atoms with Crippen molar-refractivity contribution in [3.63, 3.8) is 0 Å². The molecular weight excluding hydrogens is 717 g/mol. The molecule has 0 radical (unpaired) electrons. The van der Waals surface area contributed by atoms with E-state index in [0.29, 0.717) is 0 Å². The average Bonchev–Trinajstić information content (AvgIpc) is 2.86. The fourth-order valence-corrected chi connectivity index (χ4v) is 2.79. The number of amides is 3. The highest BCUT2D eigenvalue weighted by Crippen LogP contribution is 2.49. The van der Waals surface area contributed by atoms with Crippen molar-refractivity contribution < 1.29 is 107 Å². The molecule has 6 nitrogen and oxygen atoms in total. The number of nitrogens with one attached hydrogen (secondary N) is 2. The molecule has 272 valence electrons. The zero-order valence-corrected chi connectivity index (χ0v) is 21.6. The Morgan fingerprint density at radius 1 is 0.413 bits per heavy atom. The summed E-state index contributed by atoms with van der Waals surface area (Å²) in [4.78, 5) is 33.5. The second-order valence-electron chi connectivity index (χ2n) is 8.80. The topological polar surface area (TPSA) is 78.5 Å². The number of alkyl halides is 21. The fourth-order valence-electron chi connectivity index (χ4n) is 2.79. The Hall–Kier alpha value is -3.06. The third-order valence-electron chi connectivity index (χ3n) is 5.41. The van der Waals surface area contributed by atoms with E-state index >= 15 is 0 Å². The van der Waals surface area contributed by atoms with E-state index in [1.807, 2.05) is 0 Å². The zero-order valence-electron chi connectivity index (χ0n) is 21.6. The quantitative estimate of drug-likeness (QED) is 0.167. The van der Waals surface area contributed by atoms with Gasteiger partial charge >= 0.3 is 54.1 Å². The van der Waals surface area contributed by atoms with E-state index in [0.717, 1.165) is 10.6 Å². The highest BCUT2D eigenvalue weighted by Gasteiger charge is 2.78. The first-order valence-corrected chi connectivity index (χ1v) is 11.4. The molecule has 0 aliphatic carbocycles. The van der Waals surface area contributed by atoms with E-state index in [4.69, 9.17) is 0 Å². The van der Waals surface area contributed by atoms with Gasteiger partial charge in [0.15, 0.2) is 0 Å². The van der Waals surface area contributed by atoms with Crippen molar-refractivity contribution in [1.82, 2.24) is 15.5 Å². The van der Waals surface area contributed by atoms with Crippen LogP contribution in [0.3, 0.4) is 0 Å². The number of carbonyl (C=O) groups excluding carboxylic acids is 3. The molecule has 0 bridgehead atoms. The highest BCUT2D eigenvalue weighted by atomic mass is 19.4. The predicted octanol–water partition coefficient (Wildman–Crippen LogP) is 5.72. The number of nitrogens with zero attached hydrogens (tertiary/aromatic N) is 1. The number of hydrogen-bond donors (Lipinski definition) is 2. The zero-order chi connectivity index (χ0) is 37.2. The van der Waals surface area contributed by atoms with E-state index < -0.39 is 122 Å². The Balaban J connectivity index is 5.69. The van der Waals surface area contributed by atoms with Gasteiger partial charge in [-0.3, -0.25) is 14.4 Å². The third kappa shape index (κ3) is 8.44. The van der Waals surface area contributed by atoms with Crippen LogP contribution in [0.25, 0.3) is 0 Å². The monoisotopic (exact) mass is 733 g/mol. The van der Waals surface area contributed by atoms with Gasteiger partial charge in [0, 0.05) is 26.2 Å². The molecule has 0 rings (SSSR count). The smallest absolute Gasteiger partial charge is 0.351 e. The Kier molecular flexibility index (Phi) is 12.7. The van der Waals surface area contributed by atoms with Crippen LogP contribution in [-0.2, 0) is 14.4 Å². The summed E-state index contributed by atoms with van der Waals surface area (Å²) >= 11 is 0. The SMILES string of the molecule is O=C(NCCCCN(CCCNC(=O)C(F)(F)C(F)(F)C(F)(F)F)C(=O)C(F)(F)C(F)(F)C(F)(F)F)C(F)(F)C(F)(F)C(F)(F)F. The van der Waals surface area contributed by atoms with Crippen molar-refractivity contribution in [2.75, 3.05) is 26.2 Å². The van der Waals surface area contributed by atoms with Crippen molar-refractivity contribution in [1.29, 1.82) is 0 Å². The maximum absolute atomic E-state index is 13.9. The molecule has 0 saturated heterocycles. The van der Waals surface area contributed by atoms with Crippen LogP contribution in [-0.4, -0.2) is 103 Å². The molecule has 0 aromatic rings. The summed E-state index contributed by atoms with van der Waals surface area (Å²) in [6.45, 7) is -6.03. The first-order chi connectivity index (χ1) is 20.1. The van der Waals surface area contributed by atoms with E-state index in [9.17, 15) is 107 Å². The number of carbonyl (C=O) groups is 3. The Bertz CT molecular complexity index is 1080. The Morgan fingerprint density at radius 2 is 0.696 bits per heavy atom. The van der Waals surface area contributed by atoms with E-state index in [-0.39, 0.29) is 0 Å². The predicted molar refractivity (Wildman–Crippen MR) is 104 cm³/mol. The van der Waals surface area contributed by atoms with Gasteiger partial charge in [-0.25, -0.2) is 0 Å². The lowest BCUT2D eigenvalue weighted by atomic mass is 10.1. The van der Waals surface area contributed by atoms with Crippen molar-refractivity contribution in [2.45, 2.75) is 73.3 Å². The van der Waals surface area contributed by atoms with Crippen LogP contribution >= 0.6 is 0 Å². The molecule has 0 unspecified atom stereocenters. The largest absolute Gasteiger partial charge is 0.460 e. The van der Waals surface area contributed by atoms with Gasteiger partial charge in [-0.05, 0) is 19.3 Å². The maximum Gasteiger partial charge on any atom is 0.460 e. The summed E-state index contributed by atoms with van der Waals surface area (Å²) in [6.07, 6.45) is -24.5. The minimum atomic E-state index is -7.13. The summed E-state index contributed by atoms with van der Waals surface area (Å²) in [6, 6.07) is 0. The van der Waals surface area contributed by atoms with Crippen LogP contribution in [0.2, 0.25) is 0 Å². The molecule has 0 aliphatic rings. The molecule has 27 heteroatoms. The summed E-state index contributed by atoms with van der Waals surface area (Å²) in [5.41, 5.74) is 0. The second-order valence-corrected chi connectivity index (χ2v) is 8.80. The van der Waals surface area contributed by atoms with E-state index in [2.05, 4.69) is 0 Å². The minimum Gasteiger partial charge on any atom is -0.351 e. The number of halogens is 21. The molecule has 0 aliphatic heterocycles. The van der Waals surface area contributed by atoms with Gasteiger partial charge in [0.1, 0.15) is 0 Å². The van der Waals surface area contributed by atoms with Gasteiger partial charge in [-0.15, -0.1) is 0 Å². The molecule has 0 heterocycles. The first kappa shape index (κ1) is 42.9. The van der Waals surface area contributed by atoms with Crippen molar-refractivity contribution in [3.8, 4) is 0 Å². The van der Waals surface area contributed by atoms with Gasteiger partial charge in [0.05, 0.1) is 0 Å². The summed E-state index contributed by atoms with van der Waals surface area (Å²) in [7, 11) is 0. The van der Waals surface area contributed by atoms with Crippen LogP contribution in [0.15, 0.2) is 0 Å². The first-order valence-electron chi connectivity index (χ1n) is 11.4. The molecule has 0 spiro atoms. The van der Waals surface area contributed by atoms with Crippen molar-refractivity contribution in [2.24, 2.45) is 0 Å². The van der Waals surface area contributed by atoms with Gasteiger partial charge in [-0.1, -0.05) is 0 Å². The van der Waals surface area contributed by atoms with Gasteiger partial charge in [0.25, 0.3) is 17.7 Å². The lowest BCUT2D eigenvalue weighted by Gasteiger charge is -2.32. The normalized spacial score (nSPS) is 14.6. The molecular formula is C19H16F21N3O3. The summed E-state index contributed by atoms with van der Waals surface area (Å²) in [5.74, 6) is -50.7. The lowest BCUT2D eigenvalue weighted by molar-refractivity contribution is -0.346. The average molecular weight is 733 g/mol. The molecule has 0 saturated carbocycles. The number of rotatable bonds is 15. The molecule has 0 fully saturated rings. The van der Waals surface area contributed by atoms with Gasteiger partial charge in [0.2, 0.25) is 0 Å². The van der Waals surface area contributed by atoms with Crippen LogP contribution < -0.4 is 10.6 Å². The third-order valence-corrected chi connectivity index (χ3v) is 5.41. The Morgan fingerprint density at radius 3 is 1.02 bits per heavy atom. The molecule has 0 aromatic carbocycles. The highest BCUT2D eigenvalue weighted by molar-refractivity contribution is 5.86. The lowest BCUT2D eigenvalue weighted by Crippen LogP contribution is -2.60. The number of hydrogen-bond acceptors (Lipinski definition) is 3. The van der Waals surface area contributed by atoms with E-state index in [1.165, 1.54) is 0 Å². The van der Waals surface area contributed by atoms with Crippen LogP contribution in [0.5, 0.6) is 0 Å². The van der Waals surface area contributed by atoms with E-state index in [1.54, 1.807) is 0 Å². The number of unbranched alkanes of at least 4 members (excludes halogenated alkanes) is 1. The fraction of sp³-hybridized carbons (Fsp3) is 0.842. The standard InChI is InChI=1S/C19H16F21N3O3/c20-11(21,14(26,27)17(32,33)34)8(44)41-4-1-2-6-43(10(46)13(24,25)16(30,31)19(38,39)40)7-3-5-42-9(45)12(22,23)15(28,29)18(35,36)37/h1-7H2,(H,41,44)(H,42,45). The Labute approximate surface area is 240 Å². The van der Waals surface area contributed by atoms with Gasteiger partial charge in [-0.2, -0.15) is 92.2 Å². The molecule has 2 N–H and O–H groups in total. The van der Waals surface area contributed by atoms with Crippen molar-refractivity contribution >= 4 is 17.7 Å². The second kappa shape index (κ2) is 13.6. The van der Waals surface area contributed by atoms with Crippen LogP contribution in [0.4, 0.5) is 92.2 Å². The van der Waals surface area contributed by atoms with Gasteiger partial charge < -0.3 is 15.5 Å². The summed E-state index contributed by atoms with van der Waals surface area (Å²) in [5, 5.41) is 1.56. The van der Waals surface area contributed by atoms with Crippen LogP contribution in [0, 0.1) is 0 Å². The molecule has 3 amide bonds. The molecule has 46 heavy (non-hydrogen) atoms. The molecule has 0 atom stereocenters. The molecule has 0 aromatic heterocycles. The summed E-state index contributed by atoms with van der Waals surface area (Å²) < 4.78 is 269. The van der Waals surface area contributed by atoms with Crippen LogP contribution in [0.1, 0.15) is 19.3 Å². The maximum atomic E-state index is 13.9.